The highest BCUT2D eigenvalue weighted by atomic mass is 35.5. The molecule has 138 valence electrons. The number of amides is 2. The summed E-state index contributed by atoms with van der Waals surface area (Å²) in [5.41, 5.74) is 1.33. The highest BCUT2D eigenvalue weighted by molar-refractivity contribution is 6.32. The van der Waals surface area contributed by atoms with E-state index in [0.29, 0.717) is 25.2 Å². The zero-order valence-electron chi connectivity index (χ0n) is 14.8. The molecule has 1 aliphatic rings. The first-order valence-corrected chi connectivity index (χ1v) is 9.21. The van der Waals surface area contributed by atoms with Crippen molar-refractivity contribution >= 4 is 29.1 Å². The molecule has 1 aliphatic heterocycles. The average Bonchev–Trinajstić information content (AvgIpc) is 3.04. The van der Waals surface area contributed by atoms with E-state index in [0.717, 1.165) is 25.1 Å². The third kappa shape index (κ3) is 4.04. The molecule has 2 aromatic rings. The number of likely N-dealkylation sites (tertiary alicyclic amines) is 1. The molecule has 1 saturated heterocycles. The van der Waals surface area contributed by atoms with E-state index < -0.39 is 0 Å². The molecule has 3 heterocycles. The van der Waals surface area contributed by atoms with Gasteiger partial charge in [0, 0.05) is 38.7 Å². The molecule has 0 atom stereocenters. The standard InChI is InChI=1S/C18H22ClN5O2/c1-2-23(17(26)8-11-22-10-4-3-7-16(22)25)15-13-24(21-18(15)19)14-6-5-9-20-12-14/h5-6,9,12-13H,2-4,7-8,10-11H2,1H3. The molecular weight excluding hydrogens is 354 g/mol. The molecule has 0 aliphatic carbocycles. The summed E-state index contributed by atoms with van der Waals surface area (Å²) in [5.74, 6) is 0.0630. The molecule has 0 unspecified atom stereocenters. The topological polar surface area (TPSA) is 71.3 Å². The van der Waals surface area contributed by atoms with E-state index in [9.17, 15) is 9.59 Å². The summed E-state index contributed by atoms with van der Waals surface area (Å²) in [7, 11) is 0. The fourth-order valence-electron chi connectivity index (χ4n) is 3.09. The van der Waals surface area contributed by atoms with Crippen molar-refractivity contribution in [3.8, 4) is 5.69 Å². The number of pyridine rings is 1. The fraction of sp³-hybridized carbons (Fsp3) is 0.444. The van der Waals surface area contributed by atoms with Gasteiger partial charge in [-0.2, -0.15) is 5.10 Å². The van der Waals surface area contributed by atoms with Gasteiger partial charge >= 0.3 is 0 Å². The maximum atomic E-state index is 12.7. The van der Waals surface area contributed by atoms with Gasteiger partial charge in [-0.15, -0.1) is 0 Å². The van der Waals surface area contributed by atoms with E-state index in [1.54, 1.807) is 33.1 Å². The summed E-state index contributed by atoms with van der Waals surface area (Å²) in [5, 5.41) is 4.54. The lowest BCUT2D eigenvalue weighted by atomic mass is 10.1. The number of nitrogens with zero attached hydrogens (tertiary/aromatic N) is 5. The first-order chi connectivity index (χ1) is 12.6. The Bertz CT molecular complexity index is 777. The van der Waals surface area contributed by atoms with Crippen molar-refractivity contribution in [2.45, 2.75) is 32.6 Å². The maximum absolute atomic E-state index is 12.7. The van der Waals surface area contributed by atoms with Crippen LogP contribution in [0.4, 0.5) is 5.69 Å². The van der Waals surface area contributed by atoms with Gasteiger partial charge in [0.25, 0.3) is 0 Å². The number of anilines is 1. The molecular formula is C18H22ClN5O2. The summed E-state index contributed by atoms with van der Waals surface area (Å²) in [6, 6.07) is 3.67. The lowest BCUT2D eigenvalue weighted by Crippen LogP contribution is -2.39. The van der Waals surface area contributed by atoms with Crippen molar-refractivity contribution in [1.29, 1.82) is 0 Å². The molecule has 0 spiro atoms. The van der Waals surface area contributed by atoms with Gasteiger partial charge in [0.15, 0.2) is 5.15 Å². The van der Waals surface area contributed by atoms with Crippen molar-refractivity contribution in [3.05, 3.63) is 35.9 Å². The largest absolute Gasteiger partial charge is 0.342 e. The molecule has 0 saturated carbocycles. The highest BCUT2D eigenvalue weighted by Gasteiger charge is 2.23. The van der Waals surface area contributed by atoms with E-state index >= 15 is 0 Å². The van der Waals surface area contributed by atoms with Crippen LogP contribution in [0.3, 0.4) is 0 Å². The molecule has 2 amide bonds. The molecule has 8 heteroatoms. The second-order valence-corrected chi connectivity index (χ2v) is 6.54. The zero-order valence-corrected chi connectivity index (χ0v) is 15.5. The van der Waals surface area contributed by atoms with Crippen LogP contribution >= 0.6 is 11.6 Å². The van der Waals surface area contributed by atoms with Crippen LogP contribution in [0.2, 0.25) is 5.15 Å². The van der Waals surface area contributed by atoms with Crippen molar-refractivity contribution in [2.75, 3.05) is 24.5 Å². The molecule has 26 heavy (non-hydrogen) atoms. The highest BCUT2D eigenvalue weighted by Crippen LogP contribution is 2.26. The molecule has 0 radical (unpaired) electrons. The number of carbonyl (C=O) groups is 2. The van der Waals surface area contributed by atoms with Gasteiger partial charge in [-0.25, -0.2) is 4.68 Å². The Morgan fingerprint density at radius 1 is 1.38 bits per heavy atom. The lowest BCUT2D eigenvalue weighted by molar-refractivity contribution is -0.133. The Labute approximate surface area is 157 Å². The van der Waals surface area contributed by atoms with Crippen LogP contribution in [0.15, 0.2) is 30.7 Å². The van der Waals surface area contributed by atoms with Crippen LogP contribution in [0.25, 0.3) is 5.69 Å². The van der Waals surface area contributed by atoms with Crippen LogP contribution in [-0.2, 0) is 9.59 Å². The zero-order chi connectivity index (χ0) is 18.5. The number of aromatic nitrogens is 3. The molecule has 0 bridgehead atoms. The van der Waals surface area contributed by atoms with E-state index in [1.807, 2.05) is 19.1 Å². The first-order valence-electron chi connectivity index (χ1n) is 8.84. The number of carbonyl (C=O) groups excluding carboxylic acids is 2. The van der Waals surface area contributed by atoms with Crippen LogP contribution < -0.4 is 4.90 Å². The predicted molar refractivity (Wildman–Crippen MR) is 99.4 cm³/mol. The minimum absolute atomic E-state index is 0.0708. The van der Waals surface area contributed by atoms with Crippen molar-refractivity contribution < 1.29 is 9.59 Å². The van der Waals surface area contributed by atoms with Gasteiger partial charge in [0.2, 0.25) is 11.8 Å². The molecule has 3 rings (SSSR count). The minimum Gasteiger partial charge on any atom is -0.342 e. The smallest absolute Gasteiger partial charge is 0.228 e. The number of piperidine rings is 1. The Hall–Kier alpha value is -2.41. The van der Waals surface area contributed by atoms with Gasteiger partial charge in [-0.1, -0.05) is 11.6 Å². The van der Waals surface area contributed by atoms with Crippen molar-refractivity contribution in [3.63, 3.8) is 0 Å². The van der Waals surface area contributed by atoms with Gasteiger partial charge in [0.05, 0.1) is 18.1 Å². The predicted octanol–water partition coefficient (Wildman–Crippen LogP) is 2.68. The summed E-state index contributed by atoms with van der Waals surface area (Å²) >= 11 is 6.27. The van der Waals surface area contributed by atoms with Crippen LogP contribution in [0, 0.1) is 0 Å². The maximum Gasteiger partial charge on any atom is 0.228 e. The fourth-order valence-corrected chi connectivity index (χ4v) is 3.32. The van der Waals surface area contributed by atoms with Gasteiger partial charge in [-0.3, -0.25) is 14.6 Å². The second kappa shape index (κ2) is 8.31. The third-order valence-corrected chi connectivity index (χ3v) is 4.76. The summed E-state index contributed by atoms with van der Waals surface area (Å²) in [6.45, 7) is 3.55. The monoisotopic (exact) mass is 375 g/mol. The Balaban J connectivity index is 1.71. The van der Waals surface area contributed by atoms with Crippen LogP contribution in [-0.4, -0.2) is 51.1 Å². The Kier molecular flexibility index (Phi) is 5.88. The van der Waals surface area contributed by atoms with Gasteiger partial charge in [0.1, 0.15) is 5.69 Å². The average molecular weight is 376 g/mol. The SMILES string of the molecule is CCN(C(=O)CCN1CCCCC1=O)c1cn(-c2cccnc2)nc1Cl. The van der Waals surface area contributed by atoms with Gasteiger partial charge in [-0.05, 0) is 31.9 Å². The number of halogens is 1. The number of hydrogen-bond acceptors (Lipinski definition) is 4. The molecule has 0 aromatic carbocycles. The van der Waals surface area contributed by atoms with Crippen molar-refractivity contribution in [1.82, 2.24) is 19.7 Å². The first kappa shape index (κ1) is 18.4. The van der Waals surface area contributed by atoms with E-state index in [-0.39, 0.29) is 23.4 Å². The Morgan fingerprint density at radius 2 is 2.23 bits per heavy atom. The molecule has 1 fully saturated rings. The second-order valence-electron chi connectivity index (χ2n) is 6.19. The molecule has 7 nitrogen and oxygen atoms in total. The van der Waals surface area contributed by atoms with Gasteiger partial charge < -0.3 is 9.80 Å². The molecule has 0 N–H and O–H groups in total. The van der Waals surface area contributed by atoms with E-state index in [4.69, 9.17) is 11.6 Å². The summed E-state index contributed by atoms with van der Waals surface area (Å²) in [6.07, 6.45) is 7.87. The van der Waals surface area contributed by atoms with E-state index in [2.05, 4.69) is 10.1 Å². The van der Waals surface area contributed by atoms with Crippen LogP contribution in [0.5, 0.6) is 0 Å². The summed E-state index contributed by atoms with van der Waals surface area (Å²) in [4.78, 5) is 32.0. The minimum atomic E-state index is -0.0708. The van der Waals surface area contributed by atoms with E-state index in [1.165, 1.54) is 0 Å². The number of rotatable bonds is 6. The lowest BCUT2D eigenvalue weighted by Gasteiger charge is -2.27. The quantitative estimate of drug-likeness (QED) is 0.778. The normalized spacial score (nSPS) is 14.5. The molecule has 2 aromatic heterocycles. The number of hydrogen-bond donors (Lipinski definition) is 0. The Morgan fingerprint density at radius 3 is 2.92 bits per heavy atom. The van der Waals surface area contributed by atoms with Crippen LogP contribution in [0.1, 0.15) is 32.6 Å². The van der Waals surface area contributed by atoms with Crippen molar-refractivity contribution in [2.24, 2.45) is 0 Å². The summed E-state index contributed by atoms with van der Waals surface area (Å²) < 4.78 is 1.61. The third-order valence-electron chi connectivity index (χ3n) is 4.49.